The number of ether oxygens (including phenoxy) is 1. The number of methoxy groups -OCH3 is 1. The Labute approximate surface area is 104 Å². The number of nitrogens with one attached hydrogen (secondary N) is 1. The summed E-state index contributed by atoms with van der Waals surface area (Å²) in [6.45, 7) is 7.18. The van der Waals surface area contributed by atoms with Gasteiger partial charge in [0.05, 0.1) is 7.11 Å². The normalized spacial score (nSPS) is 13.5. The standard InChI is InChI=1S/C14H24N2O/c1-11(16-10-9-14(2,3)15)12-5-7-13(17-4)8-6-12/h5-8,11,16H,9-10,15H2,1-4H3/t11-/m0/s1. The molecular formula is C14H24N2O. The van der Waals surface area contributed by atoms with Gasteiger partial charge in [-0.15, -0.1) is 0 Å². The van der Waals surface area contributed by atoms with Crippen LogP contribution in [0.25, 0.3) is 0 Å². The van der Waals surface area contributed by atoms with Crippen LogP contribution >= 0.6 is 0 Å². The van der Waals surface area contributed by atoms with Gasteiger partial charge in [0.1, 0.15) is 5.75 Å². The molecule has 0 fully saturated rings. The van der Waals surface area contributed by atoms with E-state index < -0.39 is 0 Å². The van der Waals surface area contributed by atoms with Crippen LogP contribution in [-0.4, -0.2) is 19.2 Å². The van der Waals surface area contributed by atoms with Crippen LogP contribution in [-0.2, 0) is 0 Å². The van der Waals surface area contributed by atoms with Gasteiger partial charge in [0.2, 0.25) is 0 Å². The summed E-state index contributed by atoms with van der Waals surface area (Å²) in [5.41, 5.74) is 7.10. The highest BCUT2D eigenvalue weighted by molar-refractivity contribution is 5.28. The SMILES string of the molecule is COc1ccc([C@H](C)NCCC(C)(C)N)cc1. The molecule has 0 radical (unpaired) electrons. The third-order valence-corrected chi connectivity index (χ3v) is 2.84. The minimum absolute atomic E-state index is 0.105. The van der Waals surface area contributed by atoms with Crippen molar-refractivity contribution in [1.29, 1.82) is 0 Å². The smallest absolute Gasteiger partial charge is 0.118 e. The first-order valence-electron chi connectivity index (χ1n) is 6.08. The summed E-state index contributed by atoms with van der Waals surface area (Å²) in [5.74, 6) is 0.893. The molecule has 0 saturated carbocycles. The zero-order valence-corrected chi connectivity index (χ0v) is 11.3. The molecule has 17 heavy (non-hydrogen) atoms. The molecule has 96 valence electrons. The molecule has 1 aromatic rings. The van der Waals surface area contributed by atoms with Crippen LogP contribution in [0.1, 0.15) is 38.8 Å². The fraction of sp³-hybridized carbons (Fsp3) is 0.571. The first-order valence-corrected chi connectivity index (χ1v) is 6.08. The zero-order chi connectivity index (χ0) is 12.9. The number of benzene rings is 1. The molecule has 3 nitrogen and oxygen atoms in total. The summed E-state index contributed by atoms with van der Waals surface area (Å²) < 4.78 is 5.14. The number of hydrogen-bond acceptors (Lipinski definition) is 3. The molecular weight excluding hydrogens is 212 g/mol. The number of nitrogens with two attached hydrogens (primary N) is 1. The van der Waals surface area contributed by atoms with E-state index in [1.54, 1.807) is 7.11 Å². The van der Waals surface area contributed by atoms with Crippen molar-refractivity contribution in [2.75, 3.05) is 13.7 Å². The lowest BCUT2D eigenvalue weighted by Crippen LogP contribution is -2.36. The van der Waals surface area contributed by atoms with E-state index in [1.165, 1.54) is 5.56 Å². The molecule has 3 N–H and O–H groups in total. The minimum atomic E-state index is -0.105. The first kappa shape index (κ1) is 14.0. The average Bonchev–Trinajstić information content (AvgIpc) is 2.27. The van der Waals surface area contributed by atoms with Crippen molar-refractivity contribution in [3.05, 3.63) is 29.8 Å². The second-order valence-corrected chi connectivity index (χ2v) is 5.19. The van der Waals surface area contributed by atoms with Crippen molar-refractivity contribution in [2.24, 2.45) is 5.73 Å². The molecule has 1 atom stereocenters. The summed E-state index contributed by atoms with van der Waals surface area (Å²) in [4.78, 5) is 0. The van der Waals surface area contributed by atoms with Gasteiger partial charge in [-0.2, -0.15) is 0 Å². The fourth-order valence-electron chi connectivity index (χ4n) is 1.62. The van der Waals surface area contributed by atoms with Gasteiger partial charge < -0.3 is 15.8 Å². The van der Waals surface area contributed by atoms with E-state index in [1.807, 2.05) is 26.0 Å². The van der Waals surface area contributed by atoms with Crippen molar-refractivity contribution in [1.82, 2.24) is 5.32 Å². The average molecular weight is 236 g/mol. The summed E-state index contributed by atoms with van der Waals surface area (Å²) in [5, 5.41) is 3.47. The molecule has 0 bridgehead atoms. The van der Waals surface area contributed by atoms with E-state index in [9.17, 15) is 0 Å². The summed E-state index contributed by atoms with van der Waals surface area (Å²) in [6.07, 6.45) is 0.966. The Bertz CT molecular complexity index is 327. The van der Waals surface area contributed by atoms with Crippen LogP contribution in [0.3, 0.4) is 0 Å². The molecule has 0 amide bonds. The Morgan fingerprint density at radius 2 is 1.88 bits per heavy atom. The maximum atomic E-state index is 5.94. The van der Waals surface area contributed by atoms with Crippen molar-refractivity contribution in [3.8, 4) is 5.75 Å². The summed E-state index contributed by atoms with van der Waals surface area (Å²) in [7, 11) is 1.68. The van der Waals surface area contributed by atoms with E-state index in [4.69, 9.17) is 10.5 Å². The predicted molar refractivity (Wildman–Crippen MR) is 72.3 cm³/mol. The highest BCUT2D eigenvalue weighted by atomic mass is 16.5. The molecule has 0 aliphatic rings. The Hall–Kier alpha value is -1.06. The van der Waals surface area contributed by atoms with Crippen molar-refractivity contribution >= 4 is 0 Å². The zero-order valence-electron chi connectivity index (χ0n) is 11.3. The van der Waals surface area contributed by atoms with Crippen molar-refractivity contribution in [3.63, 3.8) is 0 Å². The fourth-order valence-corrected chi connectivity index (χ4v) is 1.62. The van der Waals surface area contributed by atoms with E-state index in [0.717, 1.165) is 18.7 Å². The van der Waals surface area contributed by atoms with Crippen molar-refractivity contribution in [2.45, 2.75) is 38.8 Å². The van der Waals surface area contributed by atoms with Gasteiger partial charge in [-0.05, 0) is 51.4 Å². The van der Waals surface area contributed by atoms with Gasteiger partial charge in [-0.25, -0.2) is 0 Å². The van der Waals surface area contributed by atoms with Gasteiger partial charge >= 0.3 is 0 Å². The molecule has 1 rings (SSSR count). The molecule has 0 spiro atoms. The predicted octanol–water partition coefficient (Wildman–Crippen LogP) is 2.47. The van der Waals surface area contributed by atoms with E-state index in [0.29, 0.717) is 6.04 Å². The second kappa shape index (κ2) is 6.03. The second-order valence-electron chi connectivity index (χ2n) is 5.19. The molecule has 0 aliphatic heterocycles. The molecule has 0 heterocycles. The van der Waals surface area contributed by atoms with Gasteiger partial charge in [-0.1, -0.05) is 12.1 Å². The Balaban J connectivity index is 2.43. The Morgan fingerprint density at radius 3 is 2.35 bits per heavy atom. The topological polar surface area (TPSA) is 47.3 Å². The van der Waals surface area contributed by atoms with Gasteiger partial charge in [-0.3, -0.25) is 0 Å². The Morgan fingerprint density at radius 1 is 1.29 bits per heavy atom. The van der Waals surface area contributed by atoms with Crippen molar-refractivity contribution < 1.29 is 4.74 Å². The molecule has 0 aliphatic carbocycles. The van der Waals surface area contributed by atoms with Crippen LogP contribution in [0.15, 0.2) is 24.3 Å². The molecule has 0 saturated heterocycles. The van der Waals surface area contributed by atoms with Crippen LogP contribution in [0.5, 0.6) is 5.75 Å². The summed E-state index contributed by atoms with van der Waals surface area (Å²) in [6, 6.07) is 8.48. The Kier molecular flexibility index (Phi) is 4.97. The van der Waals surface area contributed by atoms with E-state index in [2.05, 4.69) is 24.4 Å². The minimum Gasteiger partial charge on any atom is -0.497 e. The molecule has 1 aromatic carbocycles. The maximum Gasteiger partial charge on any atom is 0.118 e. The van der Waals surface area contributed by atoms with Crippen LogP contribution in [0.2, 0.25) is 0 Å². The van der Waals surface area contributed by atoms with E-state index >= 15 is 0 Å². The third kappa shape index (κ3) is 5.20. The third-order valence-electron chi connectivity index (χ3n) is 2.84. The lowest BCUT2D eigenvalue weighted by molar-refractivity contribution is 0.414. The lowest BCUT2D eigenvalue weighted by Gasteiger charge is -2.21. The molecule has 0 unspecified atom stereocenters. The van der Waals surface area contributed by atoms with Gasteiger partial charge in [0.15, 0.2) is 0 Å². The van der Waals surface area contributed by atoms with E-state index in [-0.39, 0.29) is 5.54 Å². The number of hydrogen-bond donors (Lipinski definition) is 2. The highest BCUT2D eigenvalue weighted by Crippen LogP contribution is 2.17. The largest absolute Gasteiger partial charge is 0.497 e. The van der Waals surface area contributed by atoms with Crippen LogP contribution in [0.4, 0.5) is 0 Å². The first-order chi connectivity index (χ1) is 7.92. The molecule has 3 heteroatoms. The van der Waals surface area contributed by atoms with Crippen LogP contribution < -0.4 is 15.8 Å². The number of rotatable bonds is 6. The summed E-state index contributed by atoms with van der Waals surface area (Å²) >= 11 is 0. The highest BCUT2D eigenvalue weighted by Gasteiger charge is 2.11. The monoisotopic (exact) mass is 236 g/mol. The van der Waals surface area contributed by atoms with Gasteiger partial charge in [0.25, 0.3) is 0 Å². The maximum absolute atomic E-state index is 5.94. The quantitative estimate of drug-likeness (QED) is 0.797. The lowest BCUT2D eigenvalue weighted by atomic mass is 10.0. The van der Waals surface area contributed by atoms with Gasteiger partial charge in [0, 0.05) is 11.6 Å². The molecule has 0 aromatic heterocycles. The van der Waals surface area contributed by atoms with Crippen LogP contribution in [0, 0.1) is 0 Å².